The van der Waals surface area contributed by atoms with E-state index in [9.17, 15) is 27.3 Å². The van der Waals surface area contributed by atoms with Gasteiger partial charge in [0.2, 0.25) is 15.2 Å². The lowest BCUT2D eigenvalue weighted by molar-refractivity contribution is -0.0784. The van der Waals surface area contributed by atoms with Crippen LogP contribution in [0.25, 0.3) is 27.1 Å². The molecule has 0 atom stereocenters. The van der Waals surface area contributed by atoms with Gasteiger partial charge in [0.15, 0.2) is 10.7 Å². The maximum absolute atomic E-state index is 13.5. The summed E-state index contributed by atoms with van der Waals surface area (Å²) in [6, 6.07) is 6.38. The number of benzene rings is 1. The van der Waals surface area contributed by atoms with Crippen molar-refractivity contribution in [2.75, 3.05) is 26.2 Å². The quantitative estimate of drug-likeness (QED) is 0.336. The number of halogens is 2. The summed E-state index contributed by atoms with van der Waals surface area (Å²) in [4.78, 5) is 29.0. The lowest BCUT2D eigenvalue weighted by Crippen LogP contribution is -2.45. The Morgan fingerprint density at radius 2 is 1.98 bits per heavy atom. The zero-order valence-corrected chi connectivity index (χ0v) is 24.2. The Morgan fingerprint density at radius 1 is 1.19 bits per heavy atom. The fourth-order valence-electron chi connectivity index (χ4n) is 5.69. The molecule has 0 radical (unpaired) electrons. The molecule has 4 aromatic rings. The Bertz CT molecular complexity index is 1890. The van der Waals surface area contributed by atoms with Crippen molar-refractivity contribution in [3.63, 3.8) is 0 Å². The molecular weight excluding hydrogens is 604 g/mol. The van der Waals surface area contributed by atoms with Crippen LogP contribution in [0, 0.1) is 11.3 Å². The van der Waals surface area contributed by atoms with Gasteiger partial charge >= 0.3 is 6.03 Å². The van der Waals surface area contributed by atoms with Gasteiger partial charge in [-0.2, -0.15) is 9.98 Å². The predicted molar refractivity (Wildman–Crippen MR) is 149 cm³/mol. The number of hydrogen-bond donors (Lipinski definition) is 1. The number of hydroxylamine groups is 2. The molecule has 2 aliphatic heterocycles. The van der Waals surface area contributed by atoms with Gasteiger partial charge in [0, 0.05) is 29.8 Å². The van der Waals surface area contributed by atoms with Crippen molar-refractivity contribution in [2.45, 2.75) is 54.9 Å². The first-order valence-electron chi connectivity index (χ1n) is 13.8. The summed E-state index contributed by atoms with van der Waals surface area (Å²) in [5.74, 6) is -0.0467. The molecule has 13 nitrogen and oxygen atoms in total. The second-order valence-corrected chi connectivity index (χ2v) is 13.5. The maximum atomic E-state index is 13.5. The van der Waals surface area contributed by atoms with E-state index in [0.717, 1.165) is 6.42 Å². The first-order chi connectivity index (χ1) is 20.7. The number of urea groups is 1. The van der Waals surface area contributed by atoms with E-state index < -0.39 is 27.0 Å². The number of alkyl halides is 2. The number of nitrogens with zero attached hydrogens (tertiary/aromatic N) is 8. The van der Waals surface area contributed by atoms with Gasteiger partial charge in [-0.1, -0.05) is 17.4 Å². The van der Waals surface area contributed by atoms with Crippen LogP contribution in [-0.4, -0.2) is 80.9 Å². The third-order valence-electron chi connectivity index (χ3n) is 8.08. The van der Waals surface area contributed by atoms with Crippen molar-refractivity contribution in [1.82, 2.24) is 39.4 Å². The number of nitriles is 1. The molecule has 43 heavy (non-hydrogen) atoms. The van der Waals surface area contributed by atoms with Crippen LogP contribution in [-0.2, 0) is 14.9 Å². The zero-order valence-electron chi connectivity index (χ0n) is 22.6. The number of carbonyl (C=O) groups excluding carboxylic acids is 1. The van der Waals surface area contributed by atoms with Crippen molar-refractivity contribution in [1.29, 1.82) is 5.26 Å². The average Bonchev–Trinajstić information content (AvgIpc) is 3.39. The third-order valence-corrected chi connectivity index (χ3v) is 10.5. The first-order valence-corrected chi connectivity index (χ1v) is 16.1. The minimum atomic E-state index is -4.08. The molecule has 3 aromatic heterocycles. The molecule has 0 spiro atoms. The molecule has 1 N–H and O–H groups in total. The molecule has 3 aliphatic rings. The molecule has 0 unspecified atom stereocenters. The molecule has 224 valence electrons. The van der Waals surface area contributed by atoms with E-state index in [4.69, 9.17) is 4.84 Å². The van der Waals surface area contributed by atoms with E-state index >= 15 is 0 Å². The van der Waals surface area contributed by atoms with Crippen LogP contribution in [0.15, 0.2) is 29.4 Å². The van der Waals surface area contributed by atoms with Crippen molar-refractivity contribution in [3.05, 3.63) is 35.2 Å². The summed E-state index contributed by atoms with van der Waals surface area (Å²) in [5, 5.41) is 19.3. The number of amides is 2. The van der Waals surface area contributed by atoms with Crippen molar-refractivity contribution in [2.24, 2.45) is 0 Å². The van der Waals surface area contributed by atoms with Crippen molar-refractivity contribution < 1.29 is 26.8 Å². The molecule has 2 saturated heterocycles. The third kappa shape index (κ3) is 4.87. The first kappa shape index (κ1) is 28.0. The number of nitrogens with one attached hydrogen (secondary N) is 1. The Balaban J connectivity index is 1.31. The van der Waals surface area contributed by atoms with E-state index in [2.05, 4.69) is 24.9 Å². The number of carbonyl (C=O) groups is 1. The minimum absolute atomic E-state index is 0.0467. The van der Waals surface area contributed by atoms with Gasteiger partial charge in [-0.05, 0) is 44.2 Å². The Morgan fingerprint density at radius 3 is 2.63 bits per heavy atom. The number of hydrogen-bond acceptors (Lipinski definition) is 10. The highest BCUT2D eigenvalue weighted by Gasteiger charge is 2.47. The normalized spacial score (nSPS) is 19.0. The molecule has 17 heteroatoms. The fraction of sp³-hybridized carbons (Fsp3) is 0.462. The van der Waals surface area contributed by atoms with Gasteiger partial charge in [0.1, 0.15) is 11.9 Å². The molecule has 1 saturated carbocycles. The van der Waals surface area contributed by atoms with E-state index in [-0.39, 0.29) is 22.0 Å². The fourth-order valence-corrected chi connectivity index (χ4v) is 7.80. The SMILES string of the molecule is N#CC1(NS(=O)(=O)c2ccc3c4c(C5CCN(C(=O)N6CCCO6)CC5)ncnc4n(-c4nnc(C(F)F)s4)c3c2)CC1. The predicted octanol–water partition coefficient (Wildman–Crippen LogP) is 3.63. The number of aromatic nitrogens is 5. The minimum Gasteiger partial charge on any atom is -0.323 e. The van der Waals surface area contributed by atoms with Crippen LogP contribution < -0.4 is 4.72 Å². The van der Waals surface area contributed by atoms with Crippen LogP contribution in [0.1, 0.15) is 55.1 Å². The molecule has 1 aliphatic carbocycles. The van der Waals surface area contributed by atoms with E-state index in [1.54, 1.807) is 11.0 Å². The van der Waals surface area contributed by atoms with Crippen molar-refractivity contribution in [3.8, 4) is 11.2 Å². The highest BCUT2D eigenvalue weighted by Crippen LogP contribution is 2.41. The number of fused-ring (bicyclic) bond motifs is 3. The number of piperidine rings is 1. The average molecular weight is 630 g/mol. The van der Waals surface area contributed by atoms with Gasteiger partial charge in [-0.15, -0.1) is 10.2 Å². The maximum Gasteiger partial charge on any atom is 0.343 e. The van der Waals surface area contributed by atoms with E-state index in [1.165, 1.54) is 28.1 Å². The van der Waals surface area contributed by atoms with Crippen LogP contribution in [0.2, 0.25) is 0 Å². The summed E-state index contributed by atoms with van der Waals surface area (Å²) in [6.45, 7) is 2.08. The van der Waals surface area contributed by atoms with Crippen molar-refractivity contribution >= 4 is 49.3 Å². The second kappa shape index (κ2) is 10.4. The number of likely N-dealkylation sites (tertiary alicyclic amines) is 1. The largest absolute Gasteiger partial charge is 0.343 e. The van der Waals surface area contributed by atoms with Crippen LogP contribution in [0.4, 0.5) is 13.6 Å². The molecule has 7 rings (SSSR count). The highest BCUT2D eigenvalue weighted by atomic mass is 32.2. The summed E-state index contributed by atoms with van der Waals surface area (Å²) in [7, 11) is -4.08. The van der Waals surface area contributed by atoms with Gasteiger partial charge in [-0.25, -0.2) is 37.0 Å². The molecule has 2 amide bonds. The summed E-state index contributed by atoms with van der Waals surface area (Å²) in [5.41, 5.74) is 0.338. The lowest BCUT2D eigenvalue weighted by Gasteiger charge is -2.33. The lowest BCUT2D eigenvalue weighted by atomic mass is 9.91. The van der Waals surface area contributed by atoms with Crippen LogP contribution in [0.3, 0.4) is 0 Å². The second-order valence-electron chi connectivity index (χ2n) is 10.8. The smallest absolute Gasteiger partial charge is 0.323 e. The Labute approximate surface area is 248 Å². The standard InChI is InChI=1S/C26H25F2N9O4S2/c27-21(28)23-32-33-24(42-23)37-18-12-16(43(39,40)34-26(13-29)6-7-26)2-3-17(18)19-20(30-14-31-22(19)37)15-4-9-35(10-5-15)25(38)36-8-1-11-41-36/h2-3,12,14-15,21,34H,1,4-11H2. The monoisotopic (exact) mass is 629 g/mol. The van der Waals surface area contributed by atoms with Crippen LogP contribution >= 0.6 is 11.3 Å². The van der Waals surface area contributed by atoms with Gasteiger partial charge in [0.05, 0.1) is 35.3 Å². The van der Waals surface area contributed by atoms with Crippen LogP contribution in [0.5, 0.6) is 0 Å². The summed E-state index contributed by atoms with van der Waals surface area (Å²) in [6.07, 6.45) is 1.45. The van der Waals surface area contributed by atoms with E-state index in [1.807, 2.05) is 6.07 Å². The number of sulfonamides is 1. The van der Waals surface area contributed by atoms with Gasteiger partial charge in [-0.3, -0.25) is 9.40 Å². The molecule has 1 aromatic carbocycles. The molecule has 3 fully saturated rings. The molecule has 0 bridgehead atoms. The summed E-state index contributed by atoms with van der Waals surface area (Å²) >= 11 is 0.684. The Kier molecular flexibility index (Phi) is 6.76. The Hall–Kier alpha value is -3.85. The zero-order chi connectivity index (χ0) is 29.9. The summed E-state index contributed by atoms with van der Waals surface area (Å²) < 4.78 is 57.5. The number of rotatable bonds is 6. The molecular formula is C26H25F2N9O4S2. The highest BCUT2D eigenvalue weighted by molar-refractivity contribution is 7.89. The topological polar surface area (TPSA) is 159 Å². The van der Waals surface area contributed by atoms with E-state index in [0.29, 0.717) is 90.9 Å². The molecule has 5 heterocycles. The van der Waals surface area contributed by atoms with Gasteiger partial charge < -0.3 is 4.90 Å². The van der Waals surface area contributed by atoms with Gasteiger partial charge in [0.25, 0.3) is 6.43 Å².